The van der Waals surface area contributed by atoms with Gasteiger partial charge in [0.1, 0.15) is 15.9 Å². The standard InChI is InChI=1S/C17H12F3N3O2S/c18-17(19,20)12-8-6-11(7-9-12)15-21-22-16(26-15)13(14(24)23-25)10-4-2-1-3-5-10/h1-9,13,25H,(H,23,24). The first-order valence-electron chi connectivity index (χ1n) is 7.40. The van der Waals surface area contributed by atoms with Gasteiger partial charge in [-0.1, -0.05) is 53.8 Å². The van der Waals surface area contributed by atoms with Crippen molar-refractivity contribution in [2.75, 3.05) is 0 Å². The lowest BCUT2D eigenvalue weighted by atomic mass is 9.99. The van der Waals surface area contributed by atoms with E-state index in [1.165, 1.54) is 12.1 Å². The van der Waals surface area contributed by atoms with Gasteiger partial charge < -0.3 is 0 Å². The van der Waals surface area contributed by atoms with Gasteiger partial charge in [0, 0.05) is 5.56 Å². The normalized spacial score (nSPS) is 12.6. The number of alkyl halides is 3. The van der Waals surface area contributed by atoms with Crippen molar-refractivity contribution in [1.82, 2.24) is 15.7 Å². The van der Waals surface area contributed by atoms with Crippen molar-refractivity contribution in [3.05, 3.63) is 70.7 Å². The fraction of sp³-hybridized carbons (Fsp3) is 0.118. The number of aromatic nitrogens is 2. The summed E-state index contributed by atoms with van der Waals surface area (Å²) in [6, 6.07) is 13.2. The number of hydrogen-bond acceptors (Lipinski definition) is 5. The summed E-state index contributed by atoms with van der Waals surface area (Å²) in [5.41, 5.74) is 1.92. The molecule has 3 aromatic rings. The Bertz CT molecular complexity index is 896. The molecule has 134 valence electrons. The number of benzene rings is 2. The average Bonchev–Trinajstić information content (AvgIpc) is 3.11. The van der Waals surface area contributed by atoms with Gasteiger partial charge in [0.15, 0.2) is 0 Å². The number of halogens is 3. The molecule has 1 amide bonds. The second-order valence-corrected chi connectivity index (χ2v) is 6.35. The highest BCUT2D eigenvalue weighted by Crippen LogP contribution is 2.34. The van der Waals surface area contributed by atoms with Crippen molar-refractivity contribution in [1.29, 1.82) is 0 Å². The summed E-state index contributed by atoms with van der Waals surface area (Å²) < 4.78 is 38.0. The molecule has 0 aliphatic rings. The highest BCUT2D eigenvalue weighted by Gasteiger charge is 2.30. The van der Waals surface area contributed by atoms with Gasteiger partial charge in [0.2, 0.25) is 0 Å². The molecule has 0 saturated heterocycles. The molecular formula is C17H12F3N3O2S. The Labute approximate surface area is 150 Å². The molecule has 1 aromatic heterocycles. The van der Waals surface area contributed by atoms with Crippen LogP contribution in [0.2, 0.25) is 0 Å². The molecular weight excluding hydrogens is 367 g/mol. The van der Waals surface area contributed by atoms with Crippen LogP contribution in [0.4, 0.5) is 13.2 Å². The van der Waals surface area contributed by atoms with E-state index in [0.717, 1.165) is 23.5 Å². The van der Waals surface area contributed by atoms with Gasteiger partial charge in [-0.25, -0.2) is 5.48 Å². The van der Waals surface area contributed by atoms with Gasteiger partial charge in [-0.2, -0.15) is 13.2 Å². The maximum absolute atomic E-state index is 12.7. The summed E-state index contributed by atoms with van der Waals surface area (Å²) in [5.74, 6) is -1.55. The van der Waals surface area contributed by atoms with E-state index < -0.39 is 23.6 Å². The van der Waals surface area contributed by atoms with Gasteiger partial charge in [0.05, 0.1) is 5.56 Å². The molecule has 9 heteroatoms. The molecule has 0 fully saturated rings. The van der Waals surface area contributed by atoms with Crippen LogP contribution in [0.1, 0.15) is 22.1 Å². The van der Waals surface area contributed by atoms with Crippen molar-refractivity contribution in [2.24, 2.45) is 0 Å². The Balaban J connectivity index is 1.93. The van der Waals surface area contributed by atoms with Crippen LogP contribution in [-0.4, -0.2) is 21.3 Å². The van der Waals surface area contributed by atoms with Gasteiger partial charge >= 0.3 is 6.18 Å². The maximum atomic E-state index is 12.7. The Morgan fingerprint density at radius 1 is 1.04 bits per heavy atom. The fourth-order valence-corrected chi connectivity index (χ4v) is 3.36. The molecule has 0 aliphatic heterocycles. The quantitative estimate of drug-likeness (QED) is 0.533. The van der Waals surface area contributed by atoms with Crippen LogP contribution in [0.25, 0.3) is 10.6 Å². The highest BCUT2D eigenvalue weighted by molar-refractivity contribution is 7.14. The SMILES string of the molecule is O=C(NO)C(c1ccccc1)c1nnc(-c2ccc(C(F)(F)F)cc2)s1. The molecule has 0 aliphatic carbocycles. The molecule has 26 heavy (non-hydrogen) atoms. The Morgan fingerprint density at radius 2 is 1.69 bits per heavy atom. The number of carbonyl (C=O) groups excluding carboxylic acids is 1. The minimum absolute atomic E-state index is 0.317. The largest absolute Gasteiger partial charge is 0.416 e. The van der Waals surface area contributed by atoms with Crippen molar-refractivity contribution in [3.8, 4) is 10.6 Å². The lowest BCUT2D eigenvalue weighted by molar-refractivity contribution is -0.137. The van der Waals surface area contributed by atoms with E-state index in [2.05, 4.69) is 10.2 Å². The van der Waals surface area contributed by atoms with Crippen molar-refractivity contribution < 1.29 is 23.2 Å². The van der Waals surface area contributed by atoms with E-state index in [1.807, 2.05) is 0 Å². The summed E-state index contributed by atoms with van der Waals surface area (Å²) in [6.45, 7) is 0. The van der Waals surface area contributed by atoms with Crippen LogP contribution < -0.4 is 5.48 Å². The topological polar surface area (TPSA) is 75.1 Å². The predicted octanol–water partition coefficient (Wildman–Crippen LogP) is 3.86. The first-order valence-corrected chi connectivity index (χ1v) is 8.21. The zero-order chi connectivity index (χ0) is 18.7. The first-order chi connectivity index (χ1) is 12.4. The summed E-state index contributed by atoms with van der Waals surface area (Å²) >= 11 is 1.07. The fourth-order valence-electron chi connectivity index (χ4n) is 2.39. The Hall–Kier alpha value is -2.78. The van der Waals surface area contributed by atoms with Crippen LogP contribution >= 0.6 is 11.3 Å². The highest BCUT2D eigenvalue weighted by atomic mass is 32.1. The molecule has 2 aromatic carbocycles. The number of nitrogens with zero attached hydrogens (tertiary/aromatic N) is 2. The number of amides is 1. The zero-order valence-corrected chi connectivity index (χ0v) is 13.9. The molecule has 0 bridgehead atoms. The van der Waals surface area contributed by atoms with Crippen LogP contribution in [0, 0.1) is 0 Å². The number of hydroxylamine groups is 1. The Kier molecular flexibility index (Phi) is 5.01. The van der Waals surface area contributed by atoms with E-state index in [0.29, 0.717) is 21.1 Å². The summed E-state index contributed by atoms with van der Waals surface area (Å²) in [6.07, 6.45) is -4.41. The molecule has 0 spiro atoms. The van der Waals surface area contributed by atoms with Gasteiger partial charge in [0.25, 0.3) is 5.91 Å². The van der Waals surface area contributed by atoms with E-state index in [4.69, 9.17) is 5.21 Å². The number of rotatable bonds is 4. The smallest absolute Gasteiger partial charge is 0.289 e. The van der Waals surface area contributed by atoms with Crippen molar-refractivity contribution >= 4 is 17.2 Å². The zero-order valence-electron chi connectivity index (χ0n) is 13.1. The second kappa shape index (κ2) is 7.22. The number of nitrogens with one attached hydrogen (secondary N) is 1. The maximum Gasteiger partial charge on any atom is 0.416 e. The van der Waals surface area contributed by atoms with Crippen molar-refractivity contribution in [2.45, 2.75) is 12.1 Å². The predicted molar refractivity (Wildman–Crippen MR) is 88.6 cm³/mol. The lowest BCUT2D eigenvalue weighted by Crippen LogP contribution is -2.27. The summed E-state index contributed by atoms with van der Waals surface area (Å²) in [7, 11) is 0. The molecule has 0 saturated carbocycles. The van der Waals surface area contributed by atoms with Crippen LogP contribution in [-0.2, 0) is 11.0 Å². The van der Waals surface area contributed by atoms with Crippen LogP contribution in [0.3, 0.4) is 0 Å². The van der Waals surface area contributed by atoms with Gasteiger partial charge in [-0.3, -0.25) is 10.0 Å². The molecule has 1 heterocycles. The van der Waals surface area contributed by atoms with E-state index in [-0.39, 0.29) is 0 Å². The molecule has 1 unspecified atom stereocenters. The third kappa shape index (κ3) is 3.73. The Morgan fingerprint density at radius 3 is 2.27 bits per heavy atom. The lowest BCUT2D eigenvalue weighted by Gasteiger charge is -2.11. The molecule has 0 radical (unpaired) electrons. The molecule has 3 rings (SSSR count). The summed E-state index contributed by atoms with van der Waals surface area (Å²) in [5, 5.41) is 17.7. The van der Waals surface area contributed by atoms with E-state index >= 15 is 0 Å². The van der Waals surface area contributed by atoms with Crippen molar-refractivity contribution in [3.63, 3.8) is 0 Å². The van der Waals surface area contributed by atoms with E-state index in [9.17, 15) is 18.0 Å². The van der Waals surface area contributed by atoms with Gasteiger partial charge in [-0.05, 0) is 17.7 Å². The minimum Gasteiger partial charge on any atom is -0.289 e. The van der Waals surface area contributed by atoms with Crippen LogP contribution in [0.15, 0.2) is 54.6 Å². The van der Waals surface area contributed by atoms with Gasteiger partial charge in [-0.15, -0.1) is 10.2 Å². The van der Waals surface area contributed by atoms with Crippen LogP contribution in [0.5, 0.6) is 0 Å². The molecule has 1 atom stereocenters. The molecule has 5 nitrogen and oxygen atoms in total. The summed E-state index contributed by atoms with van der Waals surface area (Å²) in [4.78, 5) is 12.1. The average molecular weight is 379 g/mol. The number of hydrogen-bond donors (Lipinski definition) is 2. The van der Waals surface area contributed by atoms with E-state index in [1.54, 1.807) is 35.8 Å². The number of carbonyl (C=O) groups is 1. The third-order valence-electron chi connectivity index (χ3n) is 3.65. The monoisotopic (exact) mass is 379 g/mol. The molecule has 2 N–H and O–H groups in total. The first kappa shape index (κ1) is 18.0. The second-order valence-electron chi connectivity index (χ2n) is 5.34. The third-order valence-corrected chi connectivity index (χ3v) is 4.69. The minimum atomic E-state index is -4.41.